The molecule has 138 valence electrons. The summed E-state index contributed by atoms with van der Waals surface area (Å²) < 4.78 is 30.6. The summed E-state index contributed by atoms with van der Waals surface area (Å²) in [6.45, 7) is 1.73. The molecule has 0 aliphatic heterocycles. The SMILES string of the molecule is Cc1nc(-c2ccc3c(c2)CC[C@H]3NC(=O)c2cc(C(F)F)ccn2)no1. The Bertz CT molecular complexity index is 1000. The van der Waals surface area contributed by atoms with Gasteiger partial charge in [-0.3, -0.25) is 9.78 Å². The molecule has 3 aromatic rings. The Morgan fingerprint density at radius 1 is 1.30 bits per heavy atom. The van der Waals surface area contributed by atoms with Crippen molar-refractivity contribution in [3.05, 3.63) is 64.8 Å². The first-order chi connectivity index (χ1) is 13.0. The monoisotopic (exact) mass is 370 g/mol. The van der Waals surface area contributed by atoms with E-state index in [1.807, 2.05) is 18.2 Å². The zero-order valence-electron chi connectivity index (χ0n) is 14.4. The summed E-state index contributed by atoms with van der Waals surface area (Å²) in [6.07, 6.45) is 0.0942. The predicted molar refractivity (Wildman–Crippen MR) is 92.2 cm³/mol. The van der Waals surface area contributed by atoms with Crippen molar-refractivity contribution in [3.8, 4) is 11.4 Å². The third-order valence-electron chi connectivity index (χ3n) is 4.58. The van der Waals surface area contributed by atoms with E-state index in [-0.39, 0.29) is 17.3 Å². The number of hydrogen-bond donors (Lipinski definition) is 1. The highest BCUT2D eigenvalue weighted by atomic mass is 19.3. The number of hydrogen-bond acceptors (Lipinski definition) is 5. The van der Waals surface area contributed by atoms with Gasteiger partial charge < -0.3 is 9.84 Å². The molecular weight excluding hydrogens is 354 g/mol. The number of alkyl halides is 2. The number of rotatable bonds is 4. The molecule has 0 unspecified atom stereocenters. The molecule has 0 saturated carbocycles. The lowest BCUT2D eigenvalue weighted by molar-refractivity contribution is 0.0931. The van der Waals surface area contributed by atoms with E-state index in [4.69, 9.17) is 4.52 Å². The lowest BCUT2D eigenvalue weighted by Gasteiger charge is -2.14. The molecule has 1 aliphatic carbocycles. The number of carbonyl (C=O) groups excluding carboxylic acids is 1. The fraction of sp³-hybridized carbons (Fsp3) is 0.263. The molecule has 1 atom stereocenters. The zero-order chi connectivity index (χ0) is 19.0. The van der Waals surface area contributed by atoms with E-state index in [1.54, 1.807) is 6.92 Å². The normalized spacial score (nSPS) is 15.8. The van der Waals surface area contributed by atoms with Crippen LogP contribution in [0.4, 0.5) is 8.78 Å². The van der Waals surface area contributed by atoms with Crippen LogP contribution in [0.2, 0.25) is 0 Å². The van der Waals surface area contributed by atoms with Crippen LogP contribution in [0, 0.1) is 6.92 Å². The Balaban J connectivity index is 1.53. The molecule has 6 nitrogen and oxygen atoms in total. The van der Waals surface area contributed by atoms with Crippen LogP contribution >= 0.6 is 0 Å². The number of benzene rings is 1. The Kier molecular flexibility index (Phi) is 4.39. The van der Waals surface area contributed by atoms with E-state index in [9.17, 15) is 13.6 Å². The van der Waals surface area contributed by atoms with Crippen LogP contribution in [-0.4, -0.2) is 21.0 Å². The fourth-order valence-corrected chi connectivity index (χ4v) is 3.26. The molecule has 2 aromatic heterocycles. The number of aromatic nitrogens is 3. The summed E-state index contributed by atoms with van der Waals surface area (Å²) in [7, 11) is 0. The number of halogens is 2. The van der Waals surface area contributed by atoms with E-state index >= 15 is 0 Å². The topological polar surface area (TPSA) is 80.9 Å². The fourth-order valence-electron chi connectivity index (χ4n) is 3.26. The van der Waals surface area contributed by atoms with Crippen LogP contribution in [0.5, 0.6) is 0 Å². The third-order valence-corrected chi connectivity index (χ3v) is 4.58. The molecule has 8 heteroatoms. The average Bonchev–Trinajstić information content (AvgIpc) is 3.28. The van der Waals surface area contributed by atoms with Crippen molar-refractivity contribution < 1.29 is 18.1 Å². The minimum atomic E-state index is -2.64. The van der Waals surface area contributed by atoms with Crippen molar-refractivity contribution >= 4 is 5.91 Å². The smallest absolute Gasteiger partial charge is 0.270 e. The second-order valence-electron chi connectivity index (χ2n) is 6.39. The summed E-state index contributed by atoms with van der Waals surface area (Å²) in [6, 6.07) is 7.93. The maximum Gasteiger partial charge on any atom is 0.270 e. The van der Waals surface area contributed by atoms with Gasteiger partial charge in [0.1, 0.15) is 5.69 Å². The summed E-state index contributed by atoms with van der Waals surface area (Å²) in [4.78, 5) is 20.5. The molecule has 1 N–H and O–H groups in total. The van der Waals surface area contributed by atoms with Crippen LogP contribution in [-0.2, 0) is 6.42 Å². The molecule has 27 heavy (non-hydrogen) atoms. The van der Waals surface area contributed by atoms with Crippen LogP contribution in [0.15, 0.2) is 41.1 Å². The van der Waals surface area contributed by atoms with Gasteiger partial charge in [-0.25, -0.2) is 8.78 Å². The van der Waals surface area contributed by atoms with Crippen molar-refractivity contribution in [3.63, 3.8) is 0 Å². The van der Waals surface area contributed by atoms with Gasteiger partial charge >= 0.3 is 0 Å². The quantitative estimate of drug-likeness (QED) is 0.756. The van der Waals surface area contributed by atoms with Gasteiger partial charge in [-0.2, -0.15) is 4.98 Å². The van der Waals surface area contributed by atoms with Gasteiger partial charge in [0, 0.05) is 24.2 Å². The lowest BCUT2D eigenvalue weighted by atomic mass is 10.0. The highest BCUT2D eigenvalue weighted by Gasteiger charge is 2.26. The minimum absolute atomic E-state index is 0.0138. The minimum Gasteiger partial charge on any atom is -0.344 e. The molecule has 0 spiro atoms. The Morgan fingerprint density at radius 2 is 2.15 bits per heavy atom. The Morgan fingerprint density at radius 3 is 2.89 bits per heavy atom. The van der Waals surface area contributed by atoms with Gasteiger partial charge in [0.25, 0.3) is 12.3 Å². The number of fused-ring (bicyclic) bond motifs is 1. The molecular formula is C19H16F2N4O2. The van der Waals surface area contributed by atoms with Gasteiger partial charge in [0.15, 0.2) is 0 Å². The number of nitrogens with one attached hydrogen (secondary N) is 1. The van der Waals surface area contributed by atoms with Crippen molar-refractivity contribution in [2.75, 3.05) is 0 Å². The largest absolute Gasteiger partial charge is 0.344 e. The third kappa shape index (κ3) is 3.42. The first-order valence-corrected chi connectivity index (χ1v) is 8.50. The standard InChI is InChI=1S/C19H16F2N4O2/c1-10-23-18(25-27-10)13-2-4-14-11(8-13)3-5-15(14)24-19(26)16-9-12(17(20)21)6-7-22-16/h2,4,6-9,15,17H,3,5H2,1H3,(H,24,26)/t15-/m1/s1. The summed E-state index contributed by atoms with van der Waals surface area (Å²) in [5.74, 6) is 0.554. The van der Waals surface area contributed by atoms with Crippen LogP contribution in [0.25, 0.3) is 11.4 Å². The number of carbonyl (C=O) groups is 1. The van der Waals surface area contributed by atoms with Crippen molar-refractivity contribution in [2.45, 2.75) is 32.2 Å². The predicted octanol–water partition coefficient (Wildman–Crippen LogP) is 3.79. The molecule has 0 bridgehead atoms. The average molecular weight is 370 g/mol. The number of nitrogens with zero attached hydrogens (tertiary/aromatic N) is 3. The van der Waals surface area contributed by atoms with E-state index in [0.717, 1.165) is 35.6 Å². The van der Waals surface area contributed by atoms with Gasteiger partial charge in [0.2, 0.25) is 11.7 Å². The van der Waals surface area contributed by atoms with Crippen molar-refractivity contribution in [2.24, 2.45) is 0 Å². The van der Waals surface area contributed by atoms with Gasteiger partial charge in [-0.1, -0.05) is 17.3 Å². The first-order valence-electron chi connectivity index (χ1n) is 8.50. The summed E-state index contributed by atoms with van der Waals surface area (Å²) in [5, 5.41) is 6.80. The molecule has 4 rings (SSSR count). The second kappa shape index (κ2) is 6.86. The Labute approximate surface area is 153 Å². The molecule has 1 aromatic carbocycles. The van der Waals surface area contributed by atoms with Gasteiger partial charge in [0.05, 0.1) is 6.04 Å². The maximum atomic E-state index is 12.8. The van der Waals surface area contributed by atoms with E-state index in [1.165, 1.54) is 12.3 Å². The number of amides is 1. The van der Waals surface area contributed by atoms with Crippen LogP contribution < -0.4 is 5.32 Å². The Hall–Kier alpha value is -3.16. The van der Waals surface area contributed by atoms with Gasteiger partial charge in [-0.15, -0.1) is 0 Å². The van der Waals surface area contributed by atoms with Crippen LogP contribution in [0.3, 0.4) is 0 Å². The van der Waals surface area contributed by atoms with E-state index < -0.39 is 12.3 Å². The maximum absolute atomic E-state index is 12.8. The lowest BCUT2D eigenvalue weighted by Crippen LogP contribution is -2.28. The van der Waals surface area contributed by atoms with Crippen LogP contribution in [0.1, 0.15) is 52.0 Å². The zero-order valence-corrected chi connectivity index (χ0v) is 14.4. The summed E-state index contributed by atoms with van der Waals surface area (Å²) >= 11 is 0. The molecule has 0 fully saturated rings. The number of aryl methyl sites for hydroxylation is 2. The highest BCUT2D eigenvalue weighted by molar-refractivity contribution is 5.92. The van der Waals surface area contributed by atoms with Gasteiger partial charge in [-0.05, 0) is 42.2 Å². The molecule has 1 amide bonds. The van der Waals surface area contributed by atoms with Crippen molar-refractivity contribution in [1.29, 1.82) is 0 Å². The summed E-state index contributed by atoms with van der Waals surface area (Å²) in [5.41, 5.74) is 2.71. The molecule has 0 radical (unpaired) electrons. The number of pyridine rings is 1. The second-order valence-corrected chi connectivity index (χ2v) is 6.39. The highest BCUT2D eigenvalue weighted by Crippen LogP contribution is 2.34. The van der Waals surface area contributed by atoms with Crippen molar-refractivity contribution in [1.82, 2.24) is 20.4 Å². The molecule has 0 saturated heterocycles. The molecule has 2 heterocycles. The molecule has 1 aliphatic rings. The van der Waals surface area contributed by atoms with E-state index in [2.05, 4.69) is 20.4 Å². The van der Waals surface area contributed by atoms with E-state index in [0.29, 0.717) is 11.7 Å². The first kappa shape index (κ1) is 17.3.